The molecule has 0 unspecified atom stereocenters. The maximum absolute atomic E-state index is 11.8. The van der Waals surface area contributed by atoms with Gasteiger partial charge in [0, 0.05) is 17.1 Å². The van der Waals surface area contributed by atoms with E-state index in [-0.39, 0.29) is 0 Å². The van der Waals surface area contributed by atoms with Crippen LogP contribution in [0.1, 0.15) is 28.5 Å². The average Bonchev–Trinajstić information content (AvgIpc) is 2.95. The molecule has 1 aliphatic heterocycles. The van der Waals surface area contributed by atoms with E-state index >= 15 is 0 Å². The van der Waals surface area contributed by atoms with Crippen LogP contribution in [0.3, 0.4) is 0 Å². The summed E-state index contributed by atoms with van der Waals surface area (Å²) in [4.78, 5) is 16.2. The maximum atomic E-state index is 11.8. The monoisotopic (exact) mass is 283 g/mol. The molecule has 0 radical (unpaired) electrons. The Hall–Kier alpha value is -1.27. The normalized spacial score (nSPS) is 13.9. The summed E-state index contributed by atoms with van der Waals surface area (Å²) in [5.74, 6) is 1.24. The van der Waals surface area contributed by atoms with Crippen molar-refractivity contribution in [3.8, 4) is 0 Å². The molecule has 0 spiro atoms. The van der Waals surface area contributed by atoms with Gasteiger partial charge in [-0.2, -0.15) is 16.9 Å². The maximum Gasteiger partial charge on any atom is 0.343 e. The van der Waals surface area contributed by atoms with Crippen LogP contribution in [0.5, 0.6) is 0 Å². The van der Waals surface area contributed by atoms with Crippen LogP contribution >= 0.6 is 23.4 Å². The molecule has 18 heavy (non-hydrogen) atoms. The lowest BCUT2D eigenvalue weighted by molar-refractivity contribution is 0.0528. The van der Waals surface area contributed by atoms with Crippen LogP contribution in [-0.4, -0.2) is 27.2 Å². The van der Waals surface area contributed by atoms with Crippen molar-refractivity contribution in [1.29, 1.82) is 0 Å². The van der Waals surface area contributed by atoms with E-state index in [2.05, 4.69) is 10.1 Å². The average molecular weight is 284 g/mol. The van der Waals surface area contributed by atoms with E-state index in [4.69, 9.17) is 16.3 Å². The predicted molar refractivity (Wildman–Crippen MR) is 69.0 cm³/mol. The van der Waals surface area contributed by atoms with Gasteiger partial charge in [-0.05, 0) is 6.92 Å². The summed E-state index contributed by atoms with van der Waals surface area (Å²) in [6.45, 7) is 2.09. The Bertz CT molecular complexity index is 641. The highest BCUT2D eigenvalue weighted by Gasteiger charge is 2.23. The fourth-order valence-corrected chi connectivity index (χ4v) is 3.32. The predicted octanol–water partition coefficient (Wildman–Crippen LogP) is 2.31. The Labute approximate surface area is 112 Å². The van der Waals surface area contributed by atoms with Gasteiger partial charge in [-0.3, -0.25) is 0 Å². The van der Waals surface area contributed by atoms with Crippen molar-refractivity contribution in [2.24, 2.45) is 0 Å². The van der Waals surface area contributed by atoms with E-state index in [1.54, 1.807) is 18.7 Å². The Balaban J connectivity index is 2.19. The third-order valence-corrected chi connectivity index (χ3v) is 4.11. The van der Waals surface area contributed by atoms with Gasteiger partial charge in [0.05, 0.1) is 18.5 Å². The van der Waals surface area contributed by atoms with Gasteiger partial charge in [0.2, 0.25) is 0 Å². The molecule has 5 nitrogen and oxygen atoms in total. The van der Waals surface area contributed by atoms with Crippen LogP contribution < -0.4 is 0 Å². The number of halogens is 1. The van der Waals surface area contributed by atoms with Gasteiger partial charge in [-0.15, -0.1) is 0 Å². The molecule has 0 N–H and O–H groups in total. The molecular formula is C11H10ClN3O2S. The molecule has 2 aromatic rings. The number of ether oxygens (including phenoxy) is 1. The minimum atomic E-state index is -0.415. The zero-order valence-corrected chi connectivity index (χ0v) is 11.2. The largest absolute Gasteiger partial charge is 0.462 e. The van der Waals surface area contributed by atoms with Crippen LogP contribution in [0.2, 0.25) is 5.15 Å². The molecule has 0 aromatic carbocycles. The zero-order chi connectivity index (χ0) is 12.7. The Morgan fingerprint density at radius 2 is 2.44 bits per heavy atom. The number of carbonyl (C=O) groups is 1. The minimum Gasteiger partial charge on any atom is -0.462 e. The SMILES string of the molecule is CCOC(=O)c1cnn2c(Cl)c3c(nc12)CSC3. The molecule has 3 rings (SSSR count). The molecule has 0 saturated heterocycles. The van der Waals surface area contributed by atoms with Crippen molar-refractivity contribution in [2.75, 3.05) is 6.61 Å². The quantitative estimate of drug-likeness (QED) is 0.625. The lowest BCUT2D eigenvalue weighted by Crippen LogP contribution is -2.06. The van der Waals surface area contributed by atoms with E-state index in [1.807, 2.05) is 0 Å². The van der Waals surface area contributed by atoms with Gasteiger partial charge < -0.3 is 4.74 Å². The second-order valence-electron chi connectivity index (χ2n) is 3.83. The first-order valence-electron chi connectivity index (χ1n) is 5.52. The Kier molecular flexibility index (Phi) is 2.91. The highest BCUT2D eigenvalue weighted by atomic mass is 35.5. The van der Waals surface area contributed by atoms with Crippen molar-refractivity contribution in [2.45, 2.75) is 18.4 Å². The summed E-state index contributed by atoms with van der Waals surface area (Å²) in [6, 6.07) is 0. The molecular weight excluding hydrogens is 274 g/mol. The Morgan fingerprint density at radius 1 is 1.61 bits per heavy atom. The second-order valence-corrected chi connectivity index (χ2v) is 5.18. The molecule has 0 saturated carbocycles. The van der Waals surface area contributed by atoms with Crippen LogP contribution in [-0.2, 0) is 16.2 Å². The minimum absolute atomic E-state index is 0.324. The Morgan fingerprint density at radius 3 is 3.22 bits per heavy atom. The van der Waals surface area contributed by atoms with Crippen molar-refractivity contribution in [1.82, 2.24) is 14.6 Å². The van der Waals surface area contributed by atoms with Gasteiger partial charge in [0.15, 0.2) is 5.65 Å². The van der Waals surface area contributed by atoms with E-state index in [0.29, 0.717) is 23.0 Å². The molecule has 0 aliphatic carbocycles. The summed E-state index contributed by atoms with van der Waals surface area (Å²) in [5.41, 5.74) is 2.77. The van der Waals surface area contributed by atoms with Gasteiger partial charge in [0.1, 0.15) is 10.7 Å². The molecule has 0 atom stereocenters. The fourth-order valence-electron chi connectivity index (χ4n) is 1.90. The fraction of sp³-hybridized carbons (Fsp3) is 0.364. The van der Waals surface area contributed by atoms with Gasteiger partial charge in [-0.25, -0.2) is 14.3 Å². The highest BCUT2D eigenvalue weighted by molar-refractivity contribution is 7.98. The van der Waals surface area contributed by atoms with E-state index < -0.39 is 5.97 Å². The summed E-state index contributed by atoms with van der Waals surface area (Å²) in [7, 11) is 0. The second kappa shape index (κ2) is 4.44. The molecule has 0 bridgehead atoms. The van der Waals surface area contributed by atoms with Crippen molar-refractivity contribution < 1.29 is 9.53 Å². The third-order valence-electron chi connectivity index (χ3n) is 2.75. The molecule has 1 aliphatic rings. The number of hydrogen-bond donors (Lipinski definition) is 0. The van der Waals surface area contributed by atoms with E-state index in [1.165, 1.54) is 10.7 Å². The third kappa shape index (κ3) is 1.67. The number of aromatic nitrogens is 3. The first kappa shape index (κ1) is 11.8. The number of hydrogen-bond acceptors (Lipinski definition) is 5. The smallest absolute Gasteiger partial charge is 0.343 e. The van der Waals surface area contributed by atoms with Gasteiger partial charge in [0.25, 0.3) is 0 Å². The summed E-state index contributed by atoms with van der Waals surface area (Å²) in [5, 5.41) is 4.65. The molecule has 0 fully saturated rings. The van der Waals surface area contributed by atoms with E-state index in [9.17, 15) is 4.79 Å². The summed E-state index contributed by atoms with van der Waals surface area (Å²) >= 11 is 8.03. The lowest BCUT2D eigenvalue weighted by Gasteiger charge is -2.04. The van der Waals surface area contributed by atoms with Crippen molar-refractivity contribution in [3.05, 3.63) is 28.2 Å². The van der Waals surface area contributed by atoms with E-state index in [0.717, 1.165) is 22.8 Å². The molecule has 3 heterocycles. The summed E-state index contributed by atoms with van der Waals surface area (Å²) in [6.07, 6.45) is 1.45. The first-order valence-corrected chi connectivity index (χ1v) is 7.05. The van der Waals surface area contributed by atoms with Crippen LogP contribution in [0.15, 0.2) is 6.20 Å². The van der Waals surface area contributed by atoms with Crippen LogP contribution in [0, 0.1) is 0 Å². The zero-order valence-electron chi connectivity index (χ0n) is 9.64. The number of thioether (sulfide) groups is 1. The number of rotatable bonds is 2. The van der Waals surface area contributed by atoms with Crippen LogP contribution in [0.4, 0.5) is 0 Å². The first-order chi connectivity index (χ1) is 8.72. The lowest BCUT2D eigenvalue weighted by atomic mass is 10.2. The number of carbonyl (C=O) groups excluding carboxylic acids is 1. The topological polar surface area (TPSA) is 56.5 Å². The van der Waals surface area contributed by atoms with Crippen molar-refractivity contribution in [3.63, 3.8) is 0 Å². The molecule has 94 valence electrons. The molecule has 0 amide bonds. The molecule has 7 heteroatoms. The summed E-state index contributed by atoms with van der Waals surface area (Å²) < 4.78 is 6.47. The van der Waals surface area contributed by atoms with Gasteiger partial charge >= 0.3 is 5.97 Å². The number of fused-ring (bicyclic) bond motifs is 2. The highest BCUT2D eigenvalue weighted by Crippen LogP contribution is 2.34. The number of esters is 1. The van der Waals surface area contributed by atoms with Crippen LogP contribution in [0.25, 0.3) is 5.65 Å². The van der Waals surface area contributed by atoms with Gasteiger partial charge in [-0.1, -0.05) is 11.6 Å². The van der Waals surface area contributed by atoms with Crippen molar-refractivity contribution >= 4 is 35.0 Å². The number of nitrogens with zero attached hydrogens (tertiary/aromatic N) is 3. The standard InChI is InChI=1S/C11H10ClN3O2S/c1-2-17-11(16)6-3-13-15-9(12)7-4-18-5-8(7)14-10(6)15/h3H,2,4-5H2,1H3. The molecule has 2 aromatic heterocycles.